The minimum absolute atomic E-state index is 0.436. The summed E-state index contributed by atoms with van der Waals surface area (Å²) in [5, 5.41) is 3.97. The second-order valence-corrected chi connectivity index (χ2v) is 7.93. The third-order valence-corrected chi connectivity index (χ3v) is 6.38. The fraction of sp³-hybridized carbons (Fsp3) is 0.857. The van der Waals surface area contributed by atoms with E-state index >= 15 is 0 Å². The molecule has 10 heteroatoms. The lowest BCUT2D eigenvalue weighted by Crippen LogP contribution is -2.49. The molecule has 1 aromatic rings. The Hall–Kier alpha value is -1.07. The fourth-order valence-electron chi connectivity index (χ4n) is 2.97. The van der Waals surface area contributed by atoms with E-state index in [2.05, 4.69) is 15.0 Å². The summed E-state index contributed by atoms with van der Waals surface area (Å²) in [7, 11) is -3.39. The Labute approximate surface area is 142 Å². The van der Waals surface area contributed by atoms with Crippen molar-refractivity contribution in [2.75, 3.05) is 52.5 Å². The van der Waals surface area contributed by atoms with Crippen LogP contribution in [-0.4, -0.2) is 84.6 Å². The molecule has 3 rings (SSSR count). The quantitative estimate of drug-likeness (QED) is 0.714. The maximum absolute atomic E-state index is 12.7. The predicted molar refractivity (Wildman–Crippen MR) is 86.5 cm³/mol. The number of rotatable bonds is 5. The van der Waals surface area contributed by atoms with Crippen molar-refractivity contribution in [3.05, 3.63) is 11.7 Å². The molecule has 2 fully saturated rings. The molecular weight excluding hydrogens is 334 g/mol. The number of hydrogen-bond acceptors (Lipinski definition) is 7. The molecule has 0 bridgehead atoms. The van der Waals surface area contributed by atoms with E-state index in [1.54, 1.807) is 4.31 Å². The SMILES string of the molecule is CCc1nc(CN2CCCN(S(=O)(=O)N3CCOCC3)CC2)no1. The predicted octanol–water partition coefficient (Wildman–Crippen LogP) is -0.283. The van der Waals surface area contributed by atoms with E-state index in [0.717, 1.165) is 19.4 Å². The molecule has 0 N–H and O–H groups in total. The molecule has 2 aliphatic heterocycles. The topological polar surface area (TPSA) is 92.0 Å². The number of aromatic nitrogens is 2. The summed E-state index contributed by atoms with van der Waals surface area (Å²) < 4.78 is 39.0. The molecule has 2 aliphatic rings. The molecule has 3 heterocycles. The summed E-state index contributed by atoms with van der Waals surface area (Å²) in [5.41, 5.74) is 0. The Morgan fingerprint density at radius 1 is 1.04 bits per heavy atom. The Morgan fingerprint density at radius 3 is 2.50 bits per heavy atom. The molecular formula is C14H25N5O4S. The lowest BCUT2D eigenvalue weighted by atomic mass is 10.4. The summed E-state index contributed by atoms with van der Waals surface area (Å²) in [5.74, 6) is 1.30. The van der Waals surface area contributed by atoms with E-state index in [-0.39, 0.29) is 0 Å². The highest BCUT2D eigenvalue weighted by atomic mass is 32.2. The molecule has 1 aromatic heterocycles. The van der Waals surface area contributed by atoms with Crippen molar-refractivity contribution < 1.29 is 17.7 Å². The maximum Gasteiger partial charge on any atom is 0.282 e. The van der Waals surface area contributed by atoms with Crippen molar-refractivity contribution in [1.29, 1.82) is 0 Å². The zero-order chi connectivity index (χ0) is 17.0. The highest BCUT2D eigenvalue weighted by molar-refractivity contribution is 7.86. The first kappa shape index (κ1) is 17.7. The molecule has 24 heavy (non-hydrogen) atoms. The van der Waals surface area contributed by atoms with Gasteiger partial charge in [-0.05, 0) is 13.0 Å². The van der Waals surface area contributed by atoms with Gasteiger partial charge >= 0.3 is 0 Å². The van der Waals surface area contributed by atoms with Crippen LogP contribution in [-0.2, 0) is 27.9 Å². The van der Waals surface area contributed by atoms with Gasteiger partial charge in [-0.2, -0.15) is 22.0 Å². The van der Waals surface area contributed by atoms with Crippen molar-refractivity contribution in [1.82, 2.24) is 23.7 Å². The molecule has 0 radical (unpaired) electrons. The van der Waals surface area contributed by atoms with Gasteiger partial charge in [-0.25, -0.2) is 0 Å². The Balaban J connectivity index is 1.58. The molecule has 0 saturated carbocycles. The van der Waals surface area contributed by atoms with Crippen molar-refractivity contribution in [3.8, 4) is 0 Å². The van der Waals surface area contributed by atoms with Gasteiger partial charge in [0.1, 0.15) is 0 Å². The fourth-order valence-corrected chi connectivity index (χ4v) is 4.58. The van der Waals surface area contributed by atoms with Crippen molar-refractivity contribution >= 4 is 10.2 Å². The molecule has 0 spiro atoms. The van der Waals surface area contributed by atoms with Gasteiger partial charge < -0.3 is 9.26 Å². The van der Waals surface area contributed by atoms with E-state index in [0.29, 0.717) is 64.2 Å². The number of nitrogens with zero attached hydrogens (tertiary/aromatic N) is 5. The minimum atomic E-state index is -3.39. The second-order valence-electron chi connectivity index (χ2n) is 6.01. The molecule has 136 valence electrons. The van der Waals surface area contributed by atoms with Crippen LogP contribution in [0.25, 0.3) is 0 Å². The van der Waals surface area contributed by atoms with Crippen LogP contribution < -0.4 is 0 Å². The third-order valence-electron chi connectivity index (χ3n) is 4.35. The smallest absolute Gasteiger partial charge is 0.282 e. The van der Waals surface area contributed by atoms with Gasteiger partial charge in [0.15, 0.2) is 5.82 Å². The highest BCUT2D eigenvalue weighted by Crippen LogP contribution is 2.15. The first-order valence-electron chi connectivity index (χ1n) is 8.46. The lowest BCUT2D eigenvalue weighted by Gasteiger charge is -2.31. The van der Waals surface area contributed by atoms with Gasteiger partial charge in [-0.1, -0.05) is 12.1 Å². The van der Waals surface area contributed by atoms with Crippen molar-refractivity contribution in [2.45, 2.75) is 26.3 Å². The van der Waals surface area contributed by atoms with Gasteiger partial charge in [0.05, 0.1) is 19.8 Å². The first-order chi connectivity index (χ1) is 11.6. The highest BCUT2D eigenvalue weighted by Gasteiger charge is 2.32. The largest absolute Gasteiger partial charge is 0.379 e. The Morgan fingerprint density at radius 2 is 1.79 bits per heavy atom. The van der Waals surface area contributed by atoms with Crippen LogP contribution in [0.3, 0.4) is 0 Å². The second kappa shape index (κ2) is 7.87. The van der Waals surface area contributed by atoms with E-state index in [1.807, 2.05) is 6.92 Å². The first-order valence-corrected chi connectivity index (χ1v) is 9.86. The van der Waals surface area contributed by atoms with Crippen LogP contribution in [0.15, 0.2) is 4.52 Å². The van der Waals surface area contributed by atoms with Crippen LogP contribution in [0.1, 0.15) is 25.1 Å². The van der Waals surface area contributed by atoms with Gasteiger partial charge in [0.2, 0.25) is 5.89 Å². The van der Waals surface area contributed by atoms with Crippen LogP contribution in [0.2, 0.25) is 0 Å². The normalized spacial score (nSPS) is 22.5. The van der Waals surface area contributed by atoms with Gasteiger partial charge in [0, 0.05) is 39.1 Å². The average Bonchev–Trinajstić information content (AvgIpc) is 2.92. The molecule has 0 aliphatic carbocycles. The molecule has 0 unspecified atom stereocenters. The van der Waals surface area contributed by atoms with Gasteiger partial charge in [-0.15, -0.1) is 0 Å². The van der Waals surface area contributed by atoms with Crippen molar-refractivity contribution in [3.63, 3.8) is 0 Å². The third kappa shape index (κ3) is 4.12. The maximum atomic E-state index is 12.7. The van der Waals surface area contributed by atoms with Crippen LogP contribution in [0.5, 0.6) is 0 Å². The number of morpholine rings is 1. The van der Waals surface area contributed by atoms with Gasteiger partial charge in [0.25, 0.3) is 10.2 Å². The van der Waals surface area contributed by atoms with Gasteiger partial charge in [-0.3, -0.25) is 4.90 Å². The van der Waals surface area contributed by atoms with Crippen molar-refractivity contribution in [2.24, 2.45) is 0 Å². The van der Waals surface area contributed by atoms with E-state index in [1.165, 1.54) is 4.31 Å². The van der Waals surface area contributed by atoms with E-state index in [4.69, 9.17) is 9.26 Å². The minimum Gasteiger partial charge on any atom is -0.379 e. The average molecular weight is 359 g/mol. The molecule has 0 aromatic carbocycles. The summed E-state index contributed by atoms with van der Waals surface area (Å²) >= 11 is 0. The van der Waals surface area contributed by atoms with E-state index < -0.39 is 10.2 Å². The number of ether oxygens (including phenoxy) is 1. The van der Waals surface area contributed by atoms with Crippen LogP contribution >= 0.6 is 0 Å². The zero-order valence-electron chi connectivity index (χ0n) is 14.1. The number of hydrogen-bond donors (Lipinski definition) is 0. The zero-order valence-corrected chi connectivity index (χ0v) is 14.9. The summed E-state index contributed by atoms with van der Waals surface area (Å²) in [4.78, 5) is 6.50. The lowest BCUT2D eigenvalue weighted by molar-refractivity contribution is 0.0702. The van der Waals surface area contributed by atoms with E-state index in [9.17, 15) is 8.42 Å². The summed E-state index contributed by atoms with van der Waals surface area (Å²) in [6.07, 6.45) is 1.51. The monoisotopic (exact) mass is 359 g/mol. The summed E-state index contributed by atoms with van der Waals surface area (Å²) in [6, 6.07) is 0. The Bertz CT molecular complexity index is 629. The molecule has 9 nitrogen and oxygen atoms in total. The summed E-state index contributed by atoms with van der Waals surface area (Å²) in [6.45, 7) is 6.89. The van der Waals surface area contributed by atoms with Crippen LogP contribution in [0.4, 0.5) is 0 Å². The Kier molecular flexibility index (Phi) is 5.82. The number of aryl methyl sites for hydroxylation is 1. The molecule has 0 amide bonds. The molecule has 2 saturated heterocycles. The molecule has 0 atom stereocenters. The standard InChI is InChI=1S/C14H25N5O4S/c1-2-14-15-13(16-23-14)12-17-4-3-5-18(7-6-17)24(20,21)19-8-10-22-11-9-19/h2-12H2,1H3. The van der Waals surface area contributed by atoms with Crippen LogP contribution in [0, 0.1) is 0 Å².